The molecule has 5 N–H and O–H groups in total. The van der Waals surface area contributed by atoms with Gasteiger partial charge >= 0.3 is 5.97 Å². The zero-order chi connectivity index (χ0) is 36.3. The highest BCUT2D eigenvalue weighted by Crippen LogP contribution is 2.76. The van der Waals surface area contributed by atoms with Gasteiger partial charge in [0.15, 0.2) is 6.29 Å². The lowest BCUT2D eigenvalue weighted by molar-refractivity contribution is -0.336. The number of carbonyl (C=O) groups excluding carboxylic acids is 1. The second-order valence-corrected chi connectivity index (χ2v) is 18.5. The lowest BCUT2D eigenvalue weighted by atomic mass is 9.35. The average molecular weight is 693 g/mol. The topological polar surface area (TPSA) is 146 Å². The van der Waals surface area contributed by atoms with E-state index in [0.29, 0.717) is 24.7 Å². The van der Waals surface area contributed by atoms with E-state index in [1.54, 1.807) is 0 Å². The van der Waals surface area contributed by atoms with Gasteiger partial charge in [-0.1, -0.05) is 53.2 Å². The molecule has 282 valence electrons. The summed E-state index contributed by atoms with van der Waals surface area (Å²) in [5.41, 5.74) is 0.0423. The van der Waals surface area contributed by atoms with E-state index in [4.69, 9.17) is 14.2 Å². The van der Waals surface area contributed by atoms with Gasteiger partial charge in [-0.25, -0.2) is 0 Å². The first-order chi connectivity index (χ1) is 22.8. The maximum atomic E-state index is 12.4. The van der Waals surface area contributed by atoms with E-state index in [0.717, 1.165) is 51.4 Å². The van der Waals surface area contributed by atoms with E-state index in [9.17, 15) is 30.3 Å². The summed E-state index contributed by atoms with van der Waals surface area (Å²) < 4.78 is 18.3. The second kappa shape index (κ2) is 14.1. The van der Waals surface area contributed by atoms with Crippen LogP contribution in [0.25, 0.3) is 0 Å². The van der Waals surface area contributed by atoms with Crippen molar-refractivity contribution in [3.63, 3.8) is 0 Å². The molecular weight excluding hydrogens is 624 g/mol. The highest BCUT2D eigenvalue weighted by atomic mass is 16.7. The van der Waals surface area contributed by atoms with Crippen LogP contribution in [0, 0.1) is 45.3 Å². The van der Waals surface area contributed by atoms with Gasteiger partial charge in [0.2, 0.25) is 0 Å². The smallest absolute Gasteiger partial charge is 0.305 e. The summed E-state index contributed by atoms with van der Waals surface area (Å²) in [4.78, 5) is 12.1. The molecule has 0 radical (unpaired) electrons. The van der Waals surface area contributed by atoms with Crippen LogP contribution in [-0.2, 0) is 19.0 Å². The molecule has 1 aliphatic heterocycles. The van der Waals surface area contributed by atoms with Gasteiger partial charge in [0.1, 0.15) is 31.0 Å². The molecule has 0 spiro atoms. The molecule has 4 aliphatic carbocycles. The van der Waals surface area contributed by atoms with Gasteiger partial charge in [-0.05, 0) is 130 Å². The Morgan fingerprint density at radius 2 is 1.57 bits per heavy atom. The number of esters is 1. The second-order valence-electron chi connectivity index (χ2n) is 18.5. The zero-order valence-corrected chi connectivity index (χ0v) is 31.8. The fourth-order valence-electron chi connectivity index (χ4n) is 12.3. The lowest BCUT2D eigenvalue weighted by Crippen LogP contribution is -2.67. The van der Waals surface area contributed by atoms with Crippen LogP contribution in [0.3, 0.4) is 0 Å². The van der Waals surface area contributed by atoms with Crippen LogP contribution in [-0.4, -0.2) is 86.6 Å². The Balaban J connectivity index is 1.45. The highest BCUT2D eigenvalue weighted by molar-refractivity contribution is 5.69. The Hall–Kier alpha value is -1.07. The van der Waals surface area contributed by atoms with Crippen molar-refractivity contribution < 1.29 is 44.5 Å². The third-order valence-electron chi connectivity index (χ3n) is 15.3. The largest absolute Gasteiger partial charge is 0.463 e. The van der Waals surface area contributed by atoms with Crippen LogP contribution in [0.1, 0.15) is 133 Å². The maximum absolute atomic E-state index is 12.4. The van der Waals surface area contributed by atoms with Crippen molar-refractivity contribution in [2.24, 2.45) is 45.3 Å². The molecule has 9 heteroatoms. The Morgan fingerprint density at radius 1 is 0.898 bits per heavy atom. The minimum absolute atomic E-state index is 0.00922. The van der Waals surface area contributed by atoms with Crippen LogP contribution < -0.4 is 0 Å². The van der Waals surface area contributed by atoms with Crippen molar-refractivity contribution in [3.05, 3.63) is 11.6 Å². The molecule has 1 saturated heterocycles. The van der Waals surface area contributed by atoms with Crippen molar-refractivity contribution >= 4 is 5.97 Å². The molecule has 0 aromatic rings. The molecule has 5 fully saturated rings. The summed E-state index contributed by atoms with van der Waals surface area (Å²) in [6.45, 7) is 19.6. The molecule has 49 heavy (non-hydrogen) atoms. The number of hydrogen-bond acceptors (Lipinski definition) is 9. The number of fused-ring (bicyclic) bond motifs is 5. The summed E-state index contributed by atoms with van der Waals surface area (Å²) in [6.07, 6.45) is 3.15. The van der Waals surface area contributed by atoms with Crippen LogP contribution in [0.2, 0.25) is 0 Å². The predicted molar refractivity (Wildman–Crippen MR) is 187 cm³/mol. The van der Waals surface area contributed by atoms with Crippen molar-refractivity contribution in [2.45, 2.75) is 181 Å². The molecule has 5 aliphatic rings. The highest BCUT2D eigenvalue weighted by Gasteiger charge is 2.71. The molecule has 0 bridgehead atoms. The van der Waals surface area contributed by atoms with Gasteiger partial charge < -0.3 is 39.7 Å². The van der Waals surface area contributed by atoms with E-state index in [1.165, 1.54) is 5.57 Å². The van der Waals surface area contributed by atoms with Crippen molar-refractivity contribution in [3.8, 4) is 0 Å². The molecule has 3 unspecified atom stereocenters. The number of carbonyl (C=O) groups is 1. The zero-order valence-electron chi connectivity index (χ0n) is 31.8. The summed E-state index contributed by atoms with van der Waals surface area (Å²) in [7, 11) is 0. The quantitative estimate of drug-likeness (QED) is 0.144. The summed E-state index contributed by atoms with van der Waals surface area (Å²) in [5.74, 6) is 0.211. The SMILES string of the molecule is CCCC(=O)OC[C@H]1O[C@@H](O[C@@](C)(CCC=C(C)C)C2CC[C@]3(C)C2[C@H](O)CC2[C@@]4(C)CC[C@H](O)C(C)(C)[C@@H]4CC[C@]23C)[C@H](O)[C@@H](O)[C@@H]1O. The van der Waals surface area contributed by atoms with Gasteiger partial charge in [-0.15, -0.1) is 0 Å². The number of allylic oxidation sites excluding steroid dienone is 2. The van der Waals surface area contributed by atoms with Crippen LogP contribution in [0.15, 0.2) is 11.6 Å². The standard InChI is InChI=1S/C40H68O9/c1-10-12-30(43)47-22-26-32(44)33(45)34(46)35(48-26)49-40(9,17-11-13-23(2)3)24-14-19-39(8)31(24)25(41)21-28-37(6)18-16-29(42)36(4,5)27(37)15-20-38(28,39)7/h13,24-29,31-35,41-42,44-46H,10-12,14-22H2,1-9H3/t24?,25-,26-,27+,28?,29+,31?,32-,33+,34-,35+,37+,38-,39-,40+/m1/s1. The van der Waals surface area contributed by atoms with Crippen molar-refractivity contribution in [1.29, 1.82) is 0 Å². The molecule has 5 rings (SSSR count). The van der Waals surface area contributed by atoms with Gasteiger partial charge in [-0.3, -0.25) is 4.79 Å². The minimum Gasteiger partial charge on any atom is -0.463 e. The molecule has 0 aromatic heterocycles. The number of aliphatic hydroxyl groups is 5. The van der Waals surface area contributed by atoms with Gasteiger partial charge in [0.05, 0.1) is 17.8 Å². The van der Waals surface area contributed by atoms with Crippen LogP contribution >= 0.6 is 0 Å². The Morgan fingerprint density at radius 3 is 2.22 bits per heavy atom. The van der Waals surface area contributed by atoms with E-state index < -0.39 is 48.4 Å². The fourth-order valence-corrected chi connectivity index (χ4v) is 12.3. The average Bonchev–Trinajstić information content (AvgIpc) is 3.41. The predicted octanol–water partition coefficient (Wildman–Crippen LogP) is 5.68. The number of ether oxygens (including phenoxy) is 3. The molecule has 1 heterocycles. The third kappa shape index (κ3) is 6.59. The third-order valence-corrected chi connectivity index (χ3v) is 15.3. The Kier molecular flexibility index (Phi) is 11.2. The first-order valence-corrected chi connectivity index (χ1v) is 19.3. The number of hydrogen-bond donors (Lipinski definition) is 5. The van der Waals surface area contributed by atoms with E-state index in [2.05, 4.69) is 61.5 Å². The Labute approximate surface area is 295 Å². The van der Waals surface area contributed by atoms with E-state index >= 15 is 0 Å². The molecule has 9 nitrogen and oxygen atoms in total. The van der Waals surface area contributed by atoms with Gasteiger partial charge in [0, 0.05) is 6.42 Å². The molecular formula is C40H68O9. The number of aliphatic hydroxyl groups excluding tert-OH is 5. The normalized spacial score (nSPS) is 47.3. The summed E-state index contributed by atoms with van der Waals surface area (Å²) in [5, 5.41) is 56.3. The molecule has 0 aromatic carbocycles. The monoisotopic (exact) mass is 692 g/mol. The van der Waals surface area contributed by atoms with Crippen molar-refractivity contribution in [2.75, 3.05) is 6.61 Å². The Bertz CT molecular complexity index is 1220. The molecule has 15 atom stereocenters. The number of rotatable bonds is 10. The lowest BCUT2D eigenvalue weighted by Gasteiger charge is -2.70. The van der Waals surface area contributed by atoms with Gasteiger partial charge in [0.25, 0.3) is 0 Å². The molecule has 4 saturated carbocycles. The van der Waals surface area contributed by atoms with E-state index in [-0.39, 0.29) is 52.6 Å². The molecule has 0 amide bonds. The minimum atomic E-state index is -1.54. The fraction of sp³-hybridized carbons (Fsp3) is 0.925. The summed E-state index contributed by atoms with van der Waals surface area (Å²) in [6, 6.07) is 0. The summed E-state index contributed by atoms with van der Waals surface area (Å²) >= 11 is 0. The van der Waals surface area contributed by atoms with Crippen LogP contribution in [0.4, 0.5) is 0 Å². The van der Waals surface area contributed by atoms with Crippen LogP contribution in [0.5, 0.6) is 0 Å². The maximum Gasteiger partial charge on any atom is 0.305 e. The van der Waals surface area contributed by atoms with Crippen molar-refractivity contribution in [1.82, 2.24) is 0 Å². The first-order valence-electron chi connectivity index (χ1n) is 19.3. The van der Waals surface area contributed by atoms with Gasteiger partial charge in [-0.2, -0.15) is 0 Å². The first kappa shape index (κ1) is 39.1. The van der Waals surface area contributed by atoms with E-state index in [1.807, 2.05) is 6.92 Å².